The smallest absolute Gasteiger partial charge is 0.243 e. The monoisotopic (exact) mass is 362 g/mol. The van der Waals surface area contributed by atoms with Gasteiger partial charge in [0.2, 0.25) is 5.91 Å². The lowest BCUT2D eigenvalue weighted by Crippen LogP contribution is -2.43. The Morgan fingerprint density at radius 2 is 2.27 bits per heavy atom. The zero-order valence-corrected chi connectivity index (χ0v) is 15.0. The molecule has 5 nitrogen and oxygen atoms in total. The third kappa shape index (κ3) is 3.18. The van der Waals surface area contributed by atoms with Crippen LogP contribution in [0, 0.1) is 11.3 Å². The highest BCUT2D eigenvalue weighted by molar-refractivity contribution is 7.99. The van der Waals surface area contributed by atoms with Crippen molar-refractivity contribution in [2.45, 2.75) is 6.04 Å². The minimum atomic E-state index is -0.305. The van der Waals surface area contributed by atoms with Gasteiger partial charge in [-0.15, -0.1) is 11.8 Å². The van der Waals surface area contributed by atoms with Crippen LogP contribution in [0.1, 0.15) is 5.56 Å². The summed E-state index contributed by atoms with van der Waals surface area (Å²) in [6.07, 6.45) is 7.78. The SMILES string of the molecule is N#C[C@@H]1CSCN1C(=O)CN1CC=Cc2cc(-c3cccnc3)ccc21. The van der Waals surface area contributed by atoms with Crippen LogP contribution in [0.2, 0.25) is 0 Å². The maximum Gasteiger partial charge on any atom is 0.243 e. The second-order valence-electron chi connectivity index (χ2n) is 6.31. The second-order valence-corrected chi connectivity index (χ2v) is 7.31. The van der Waals surface area contributed by atoms with Crippen LogP contribution in [-0.4, -0.2) is 46.6 Å². The van der Waals surface area contributed by atoms with Gasteiger partial charge in [-0.25, -0.2) is 0 Å². The Balaban J connectivity index is 1.55. The molecule has 0 spiro atoms. The van der Waals surface area contributed by atoms with Crippen LogP contribution in [0.5, 0.6) is 0 Å². The molecule has 0 bridgehead atoms. The Morgan fingerprint density at radius 1 is 1.35 bits per heavy atom. The lowest BCUT2D eigenvalue weighted by atomic mass is 10.0. The summed E-state index contributed by atoms with van der Waals surface area (Å²) in [6, 6.07) is 12.1. The summed E-state index contributed by atoms with van der Waals surface area (Å²) >= 11 is 1.63. The summed E-state index contributed by atoms with van der Waals surface area (Å²) in [5, 5.41) is 9.20. The van der Waals surface area contributed by atoms with Gasteiger partial charge in [0.1, 0.15) is 6.04 Å². The Morgan fingerprint density at radius 3 is 3.08 bits per heavy atom. The van der Waals surface area contributed by atoms with Crippen LogP contribution in [0.3, 0.4) is 0 Å². The minimum Gasteiger partial charge on any atom is -0.358 e. The topological polar surface area (TPSA) is 60.2 Å². The zero-order valence-electron chi connectivity index (χ0n) is 14.2. The van der Waals surface area contributed by atoms with Crippen molar-refractivity contribution in [3.8, 4) is 17.2 Å². The molecular weight excluding hydrogens is 344 g/mol. The highest BCUT2D eigenvalue weighted by atomic mass is 32.2. The van der Waals surface area contributed by atoms with Gasteiger partial charge in [-0.2, -0.15) is 5.26 Å². The number of nitriles is 1. The van der Waals surface area contributed by atoms with Crippen molar-refractivity contribution in [2.24, 2.45) is 0 Å². The van der Waals surface area contributed by atoms with Gasteiger partial charge in [0, 0.05) is 35.9 Å². The van der Waals surface area contributed by atoms with Gasteiger partial charge in [0.05, 0.1) is 18.5 Å². The van der Waals surface area contributed by atoms with E-state index in [9.17, 15) is 10.1 Å². The van der Waals surface area contributed by atoms with E-state index in [0.717, 1.165) is 22.4 Å². The van der Waals surface area contributed by atoms with Crippen molar-refractivity contribution in [1.82, 2.24) is 9.88 Å². The molecule has 2 aromatic rings. The van der Waals surface area contributed by atoms with E-state index < -0.39 is 0 Å². The summed E-state index contributed by atoms with van der Waals surface area (Å²) in [5.41, 5.74) is 4.32. The van der Waals surface area contributed by atoms with Gasteiger partial charge in [0.25, 0.3) is 0 Å². The molecule has 0 saturated carbocycles. The summed E-state index contributed by atoms with van der Waals surface area (Å²) in [5.74, 6) is 1.32. The van der Waals surface area contributed by atoms with Gasteiger partial charge >= 0.3 is 0 Å². The minimum absolute atomic E-state index is 0.0131. The summed E-state index contributed by atoms with van der Waals surface area (Å²) in [7, 11) is 0. The number of pyridine rings is 1. The number of aromatic nitrogens is 1. The largest absolute Gasteiger partial charge is 0.358 e. The van der Waals surface area contributed by atoms with E-state index in [0.29, 0.717) is 24.7 Å². The van der Waals surface area contributed by atoms with Crippen molar-refractivity contribution in [3.05, 3.63) is 54.4 Å². The molecule has 26 heavy (non-hydrogen) atoms. The van der Waals surface area contributed by atoms with Crippen molar-refractivity contribution in [3.63, 3.8) is 0 Å². The lowest BCUT2D eigenvalue weighted by molar-refractivity contribution is -0.129. The molecule has 1 aromatic carbocycles. The first-order valence-electron chi connectivity index (χ1n) is 8.49. The van der Waals surface area contributed by atoms with Crippen LogP contribution in [0.4, 0.5) is 5.69 Å². The molecule has 3 heterocycles. The van der Waals surface area contributed by atoms with E-state index in [-0.39, 0.29) is 11.9 Å². The first-order chi connectivity index (χ1) is 12.8. The number of carbonyl (C=O) groups excluding carboxylic acids is 1. The number of rotatable bonds is 3. The second kappa shape index (κ2) is 7.22. The molecule has 1 saturated heterocycles. The van der Waals surface area contributed by atoms with E-state index in [2.05, 4.69) is 46.3 Å². The molecular formula is C20H18N4OS. The molecule has 6 heteroatoms. The Hall–Kier alpha value is -2.78. The van der Waals surface area contributed by atoms with Crippen LogP contribution in [-0.2, 0) is 4.79 Å². The van der Waals surface area contributed by atoms with E-state index in [1.165, 1.54) is 0 Å². The van der Waals surface area contributed by atoms with Gasteiger partial charge < -0.3 is 9.80 Å². The van der Waals surface area contributed by atoms with Gasteiger partial charge in [-0.1, -0.05) is 24.3 Å². The number of anilines is 1. The molecule has 1 amide bonds. The highest BCUT2D eigenvalue weighted by Crippen LogP contribution is 2.31. The summed E-state index contributed by atoms with van der Waals surface area (Å²) in [4.78, 5) is 20.6. The predicted molar refractivity (Wildman–Crippen MR) is 104 cm³/mol. The standard InChI is InChI=1S/C20H18N4OS/c21-10-18-13-26-14-24(18)20(25)12-23-8-2-4-16-9-15(5-6-19(16)23)17-3-1-7-22-11-17/h1-7,9,11,18H,8,12-14H2/t18-/m1/s1. The summed E-state index contributed by atoms with van der Waals surface area (Å²) in [6.45, 7) is 0.992. The number of hydrogen-bond donors (Lipinski definition) is 0. The van der Waals surface area contributed by atoms with Gasteiger partial charge in [0.15, 0.2) is 0 Å². The fourth-order valence-corrected chi connectivity index (χ4v) is 4.40. The molecule has 0 unspecified atom stereocenters. The van der Waals surface area contributed by atoms with Crippen LogP contribution in [0.15, 0.2) is 48.8 Å². The third-order valence-electron chi connectivity index (χ3n) is 4.66. The average Bonchev–Trinajstić information content (AvgIpc) is 3.17. The van der Waals surface area contributed by atoms with E-state index in [1.54, 1.807) is 22.9 Å². The number of nitrogens with zero attached hydrogens (tertiary/aromatic N) is 4. The van der Waals surface area contributed by atoms with Crippen molar-refractivity contribution in [2.75, 3.05) is 29.6 Å². The molecule has 130 valence electrons. The number of benzene rings is 1. The molecule has 0 N–H and O–H groups in total. The van der Waals surface area contributed by atoms with E-state index in [4.69, 9.17) is 0 Å². The number of amides is 1. The summed E-state index contributed by atoms with van der Waals surface area (Å²) < 4.78 is 0. The van der Waals surface area contributed by atoms with Crippen molar-refractivity contribution in [1.29, 1.82) is 5.26 Å². The number of thioether (sulfide) groups is 1. The van der Waals surface area contributed by atoms with E-state index in [1.807, 2.05) is 18.3 Å². The molecule has 1 aromatic heterocycles. The lowest BCUT2D eigenvalue weighted by Gasteiger charge is -2.30. The normalized spacial score (nSPS) is 18.5. The average molecular weight is 362 g/mol. The number of hydrogen-bond acceptors (Lipinski definition) is 5. The molecule has 0 aliphatic carbocycles. The van der Waals surface area contributed by atoms with Crippen molar-refractivity contribution < 1.29 is 4.79 Å². The fourth-order valence-electron chi connectivity index (χ4n) is 3.29. The Kier molecular flexibility index (Phi) is 4.63. The van der Waals surface area contributed by atoms with Crippen molar-refractivity contribution >= 4 is 29.4 Å². The Labute approximate surface area is 156 Å². The van der Waals surface area contributed by atoms with Crippen LogP contribution >= 0.6 is 11.8 Å². The van der Waals surface area contributed by atoms with E-state index >= 15 is 0 Å². The number of fused-ring (bicyclic) bond motifs is 1. The molecule has 1 fully saturated rings. The third-order valence-corrected chi connectivity index (χ3v) is 5.68. The molecule has 0 radical (unpaired) electrons. The Bertz CT molecular complexity index is 890. The quantitative estimate of drug-likeness (QED) is 0.840. The number of carbonyl (C=O) groups is 1. The predicted octanol–water partition coefficient (Wildman–Crippen LogP) is 3.01. The maximum absolute atomic E-state index is 12.7. The van der Waals surface area contributed by atoms with Gasteiger partial charge in [-0.3, -0.25) is 9.78 Å². The van der Waals surface area contributed by atoms with Gasteiger partial charge in [-0.05, 0) is 29.3 Å². The maximum atomic E-state index is 12.7. The molecule has 4 rings (SSSR count). The highest BCUT2D eigenvalue weighted by Gasteiger charge is 2.30. The molecule has 2 aliphatic heterocycles. The molecule has 1 atom stereocenters. The fraction of sp³-hybridized carbons (Fsp3) is 0.250. The zero-order chi connectivity index (χ0) is 17.9. The first kappa shape index (κ1) is 16.7. The van der Waals surface area contributed by atoms with Crippen LogP contribution in [0.25, 0.3) is 17.2 Å². The van der Waals surface area contributed by atoms with Crippen LogP contribution < -0.4 is 4.90 Å². The first-order valence-corrected chi connectivity index (χ1v) is 9.64. The molecule has 2 aliphatic rings.